The van der Waals surface area contributed by atoms with Crippen molar-refractivity contribution in [2.45, 2.75) is 46.8 Å². The third-order valence-corrected chi connectivity index (χ3v) is 5.76. The van der Waals surface area contributed by atoms with Crippen molar-refractivity contribution in [2.24, 2.45) is 0 Å². The Morgan fingerprint density at radius 1 is 1.32 bits per heavy atom. The zero-order valence-corrected chi connectivity index (χ0v) is 21.9. The van der Waals surface area contributed by atoms with Crippen LogP contribution in [0.2, 0.25) is 0 Å². The molecule has 0 spiro atoms. The summed E-state index contributed by atoms with van der Waals surface area (Å²) in [5.41, 5.74) is 6.09. The number of hydrogen-bond donors (Lipinski definition) is 2. The molecule has 0 saturated heterocycles. The number of aryl methyl sites for hydroxylation is 1. The number of carbonyl (C=O) groups excluding carboxylic acids is 2. The summed E-state index contributed by atoms with van der Waals surface area (Å²) in [5.74, 6) is 0.00928. The van der Waals surface area contributed by atoms with Gasteiger partial charge in [-0.2, -0.15) is 0 Å². The fourth-order valence-electron chi connectivity index (χ4n) is 4.15. The highest BCUT2D eigenvalue weighted by Gasteiger charge is 2.32. The van der Waals surface area contributed by atoms with Crippen molar-refractivity contribution in [3.05, 3.63) is 64.4 Å². The van der Waals surface area contributed by atoms with E-state index in [1.54, 1.807) is 6.08 Å². The summed E-state index contributed by atoms with van der Waals surface area (Å²) in [4.78, 5) is 38.6. The number of nitrogens with zero attached hydrogens (tertiary/aromatic N) is 2. The molecule has 2 aliphatic heterocycles. The maximum absolute atomic E-state index is 11.9. The summed E-state index contributed by atoms with van der Waals surface area (Å²) in [5, 5.41) is 18.3. The number of carbonyl (C=O) groups is 3. The molecule has 0 radical (unpaired) electrons. The molecule has 1 aromatic carbocycles. The van der Waals surface area contributed by atoms with Crippen LogP contribution < -0.4 is 4.74 Å². The van der Waals surface area contributed by atoms with Crippen molar-refractivity contribution < 1.29 is 34.1 Å². The van der Waals surface area contributed by atoms with Crippen LogP contribution >= 0.6 is 0 Å². The minimum absolute atomic E-state index is 0.145. The number of hydrogen-bond acceptors (Lipinski definition) is 8. The Morgan fingerprint density at radius 3 is 2.59 bits per heavy atom. The number of fused-ring (bicyclic) bond motifs is 2. The van der Waals surface area contributed by atoms with E-state index in [0.717, 1.165) is 45.6 Å². The molecule has 4 rings (SSSR count). The van der Waals surface area contributed by atoms with E-state index in [2.05, 4.69) is 13.5 Å². The molecule has 2 aliphatic rings. The van der Waals surface area contributed by atoms with Crippen LogP contribution in [0.4, 0.5) is 0 Å². The van der Waals surface area contributed by atoms with Gasteiger partial charge in [0.2, 0.25) is 0 Å². The standard InChI is InChI=1S/C25H26N2O5.C2H6.CH2O2/c1-5-17-19-8-16(31-12-14(2)3)6-7-21(19)26-23-20(17)10-27(4)22(23)9-18-15(11-28)13-32-25(30)24(18)29;1-2;2-1-3/h6-9,11,24,29H,2,5,10,12-13H2,1,3-4H3;1-2H3;1H,(H,2,3)/b22-9-;;. The summed E-state index contributed by atoms with van der Waals surface area (Å²) in [6.45, 7) is 12.6. The van der Waals surface area contributed by atoms with Gasteiger partial charge < -0.3 is 24.6 Å². The predicted octanol–water partition coefficient (Wildman–Crippen LogP) is 3.68. The van der Waals surface area contributed by atoms with Crippen molar-refractivity contribution in [3.8, 4) is 5.75 Å². The van der Waals surface area contributed by atoms with Gasteiger partial charge in [-0.25, -0.2) is 9.78 Å². The average Bonchev–Trinajstić information content (AvgIpc) is 3.20. The zero-order valence-electron chi connectivity index (χ0n) is 21.9. The summed E-state index contributed by atoms with van der Waals surface area (Å²) in [6.07, 6.45) is 1.62. The lowest BCUT2D eigenvalue weighted by atomic mass is 9.97. The first-order chi connectivity index (χ1) is 17.7. The first-order valence-electron chi connectivity index (χ1n) is 12.0. The Kier molecular flexibility index (Phi) is 10.6. The number of pyridine rings is 1. The van der Waals surface area contributed by atoms with Crippen LogP contribution in [0, 0.1) is 0 Å². The zero-order chi connectivity index (χ0) is 27.7. The van der Waals surface area contributed by atoms with E-state index in [9.17, 15) is 14.7 Å². The number of cyclic esters (lactones) is 1. The number of aromatic nitrogens is 1. The second-order valence-electron chi connectivity index (χ2n) is 8.30. The van der Waals surface area contributed by atoms with Gasteiger partial charge in [0.1, 0.15) is 25.2 Å². The van der Waals surface area contributed by atoms with Gasteiger partial charge in [-0.15, -0.1) is 0 Å². The van der Waals surface area contributed by atoms with Gasteiger partial charge in [0, 0.05) is 35.7 Å². The van der Waals surface area contributed by atoms with E-state index < -0.39 is 12.1 Å². The van der Waals surface area contributed by atoms with Gasteiger partial charge in [0.05, 0.1) is 16.9 Å². The molecule has 1 atom stereocenters. The van der Waals surface area contributed by atoms with E-state index >= 15 is 0 Å². The molecular formula is C28H34N2O7. The monoisotopic (exact) mass is 510 g/mol. The first kappa shape index (κ1) is 29.3. The smallest absolute Gasteiger partial charge is 0.340 e. The fourth-order valence-corrected chi connectivity index (χ4v) is 4.15. The molecule has 1 aromatic heterocycles. The van der Waals surface area contributed by atoms with E-state index in [1.165, 1.54) is 5.56 Å². The molecule has 3 heterocycles. The van der Waals surface area contributed by atoms with Crippen LogP contribution in [-0.2, 0) is 32.1 Å². The fraction of sp³-hybridized carbons (Fsp3) is 0.357. The molecule has 2 N–H and O–H groups in total. The third-order valence-electron chi connectivity index (χ3n) is 5.76. The highest BCUT2D eigenvalue weighted by Crippen LogP contribution is 2.38. The molecule has 9 heteroatoms. The SMILES string of the molecule is C=C(C)COc1ccc2nc3c(c(CC)c2c1)CN(C)/C3=C\C1=C(C=O)COC(=O)C1O.CC.O=CO. The van der Waals surface area contributed by atoms with E-state index in [1.807, 2.05) is 50.9 Å². The number of aliphatic hydroxyl groups is 1. The summed E-state index contributed by atoms with van der Waals surface area (Å²) >= 11 is 0. The number of benzene rings is 1. The first-order valence-corrected chi connectivity index (χ1v) is 12.0. The quantitative estimate of drug-likeness (QED) is 0.340. The summed E-state index contributed by atoms with van der Waals surface area (Å²) in [6, 6.07) is 5.83. The number of aldehydes is 1. The van der Waals surface area contributed by atoms with Crippen LogP contribution in [0.25, 0.3) is 16.6 Å². The Hall–Kier alpha value is -3.98. The number of ether oxygens (including phenoxy) is 2. The second-order valence-corrected chi connectivity index (χ2v) is 8.30. The van der Waals surface area contributed by atoms with Crippen LogP contribution in [0.5, 0.6) is 5.75 Å². The molecule has 198 valence electrons. The van der Waals surface area contributed by atoms with E-state index in [0.29, 0.717) is 19.4 Å². The number of esters is 1. The highest BCUT2D eigenvalue weighted by molar-refractivity contribution is 5.91. The minimum atomic E-state index is -1.49. The van der Waals surface area contributed by atoms with Gasteiger partial charge in [0.15, 0.2) is 6.10 Å². The normalized spacial score (nSPS) is 17.2. The number of rotatable bonds is 6. The third kappa shape index (κ3) is 6.42. The molecule has 0 saturated carbocycles. The van der Waals surface area contributed by atoms with Crippen LogP contribution in [-0.4, -0.2) is 65.2 Å². The van der Waals surface area contributed by atoms with E-state index in [-0.39, 0.29) is 24.2 Å². The van der Waals surface area contributed by atoms with Crippen LogP contribution in [0.3, 0.4) is 0 Å². The van der Waals surface area contributed by atoms with Crippen molar-refractivity contribution in [1.29, 1.82) is 0 Å². The maximum atomic E-state index is 11.9. The molecule has 0 aliphatic carbocycles. The minimum Gasteiger partial charge on any atom is -0.489 e. The Balaban J connectivity index is 0.000000898. The molecule has 0 bridgehead atoms. The van der Waals surface area contributed by atoms with Gasteiger partial charge in [-0.1, -0.05) is 27.4 Å². The van der Waals surface area contributed by atoms with Gasteiger partial charge in [-0.05, 0) is 48.8 Å². The second kappa shape index (κ2) is 13.4. The Labute approximate surface area is 216 Å². The molecule has 37 heavy (non-hydrogen) atoms. The van der Waals surface area contributed by atoms with Crippen molar-refractivity contribution in [3.63, 3.8) is 0 Å². The largest absolute Gasteiger partial charge is 0.489 e. The lowest BCUT2D eigenvalue weighted by Crippen LogP contribution is -2.32. The van der Waals surface area contributed by atoms with Crippen molar-refractivity contribution in [1.82, 2.24) is 9.88 Å². The predicted molar refractivity (Wildman–Crippen MR) is 141 cm³/mol. The van der Waals surface area contributed by atoms with Crippen molar-refractivity contribution >= 4 is 35.3 Å². The maximum Gasteiger partial charge on any atom is 0.340 e. The highest BCUT2D eigenvalue weighted by atomic mass is 16.5. The average molecular weight is 511 g/mol. The molecule has 9 nitrogen and oxygen atoms in total. The van der Waals surface area contributed by atoms with Gasteiger partial charge in [0.25, 0.3) is 6.47 Å². The number of aliphatic hydroxyl groups excluding tert-OH is 1. The summed E-state index contributed by atoms with van der Waals surface area (Å²) < 4.78 is 10.7. The van der Waals surface area contributed by atoms with Crippen LogP contribution in [0.15, 0.2) is 47.6 Å². The molecular weight excluding hydrogens is 476 g/mol. The summed E-state index contributed by atoms with van der Waals surface area (Å²) in [7, 11) is 1.92. The lowest BCUT2D eigenvalue weighted by molar-refractivity contribution is -0.152. The number of carboxylic acid groups (broad SMARTS) is 1. The topological polar surface area (TPSA) is 126 Å². The van der Waals surface area contributed by atoms with Crippen LogP contribution in [0.1, 0.15) is 44.5 Å². The van der Waals surface area contributed by atoms with Gasteiger partial charge >= 0.3 is 5.97 Å². The lowest BCUT2D eigenvalue weighted by Gasteiger charge is -2.21. The Morgan fingerprint density at radius 2 is 2.00 bits per heavy atom. The Bertz CT molecular complexity index is 1250. The molecule has 0 fully saturated rings. The molecule has 0 amide bonds. The van der Waals surface area contributed by atoms with E-state index in [4.69, 9.17) is 24.4 Å². The molecule has 2 aromatic rings. The van der Waals surface area contributed by atoms with Crippen molar-refractivity contribution in [2.75, 3.05) is 20.3 Å². The van der Waals surface area contributed by atoms with Gasteiger partial charge in [-0.3, -0.25) is 9.59 Å². The molecule has 1 unspecified atom stereocenters.